The molecule has 0 aliphatic rings. The normalized spacial score (nSPS) is 12.3. The van der Waals surface area contributed by atoms with Gasteiger partial charge in [0.25, 0.3) is 5.91 Å². The maximum absolute atomic E-state index is 13.4. The number of carbonyl (C=O) groups is 2. The van der Waals surface area contributed by atoms with Crippen LogP contribution in [0.15, 0.2) is 22.7 Å². The summed E-state index contributed by atoms with van der Waals surface area (Å²) in [5, 5.41) is 11.2. The Hall–Kier alpha value is -1.43. The van der Waals surface area contributed by atoms with Crippen molar-refractivity contribution in [3.63, 3.8) is 0 Å². The molecule has 6 heteroatoms. The van der Waals surface area contributed by atoms with Crippen molar-refractivity contribution in [2.75, 3.05) is 0 Å². The molecule has 0 aliphatic carbocycles. The number of carbonyl (C=O) groups excluding carboxylic acids is 1. The molecule has 2 N–H and O–H groups in total. The van der Waals surface area contributed by atoms with Crippen LogP contribution in [-0.2, 0) is 4.79 Å². The highest BCUT2D eigenvalue weighted by atomic mass is 79.9. The van der Waals surface area contributed by atoms with E-state index in [-0.39, 0.29) is 11.5 Å². The van der Waals surface area contributed by atoms with Crippen molar-refractivity contribution in [1.29, 1.82) is 0 Å². The molecule has 0 spiro atoms. The summed E-state index contributed by atoms with van der Waals surface area (Å²) in [7, 11) is 0. The molecule has 1 atom stereocenters. The number of carboxylic acid groups (broad SMARTS) is 1. The van der Waals surface area contributed by atoms with Crippen molar-refractivity contribution in [1.82, 2.24) is 5.32 Å². The van der Waals surface area contributed by atoms with Crippen LogP contribution in [0, 0.1) is 11.7 Å². The molecule has 0 heterocycles. The molecule has 0 saturated heterocycles. The molecule has 0 aromatic heterocycles. The van der Waals surface area contributed by atoms with Gasteiger partial charge in [-0.25, -0.2) is 9.18 Å². The van der Waals surface area contributed by atoms with Gasteiger partial charge in [0, 0.05) is 4.47 Å². The maximum Gasteiger partial charge on any atom is 0.326 e. The van der Waals surface area contributed by atoms with Gasteiger partial charge in [-0.05, 0) is 24.1 Å². The fourth-order valence-corrected chi connectivity index (χ4v) is 1.77. The van der Waals surface area contributed by atoms with Gasteiger partial charge in [0.15, 0.2) is 0 Å². The highest BCUT2D eigenvalue weighted by Gasteiger charge is 2.25. The first kappa shape index (κ1) is 14.6. The molecule has 0 fully saturated rings. The van der Waals surface area contributed by atoms with E-state index in [9.17, 15) is 14.0 Å². The van der Waals surface area contributed by atoms with Gasteiger partial charge < -0.3 is 10.4 Å². The van der Waals surface area contributed by atoms with Crippen molar-refractivity contribution >= 4 is 27.8 Å². The number of aliphatic carboxylic acids is 1. The molecule has 0 aliphatic heterocycles. The summed E-state index contributed by atoms with van der Waals surface area (Å²) in [6, 6.07) is 2.87. The smallest absolute Gasteiger partial charge is 0.326 e. The first-order valence-electron chi connectivity index (χ1n) is 5.31. The van der Waals surface area contributed by atoms with E-state index in [4.69, 9.17) is 5.11 Å². The van der Waals surface area contributed by atoms with E-state index in [1.807, 2.05) is 0 Å². The maximum atomic E-state index is 13.4. The zero-order valence-corrected chi connectivity index (χ0v) is 11.5. The number of hydrogen-bond acceptors (Lipinski definition) is 2. The second kappa shape index (κ2) is 5.95. The van der Waals surface area contributed by atoms with Crippen molar-refractivity contribution in [2.45, 2.75) is 19.9 Å². The molecule has 1 aromatic rings. The Bertz CT molecular complexity index is 476. The van der Waals surface area contributed by atoms with Crippen LogP contribution in [0.3, 0.4) is 0 Å². The van der Waals surface area contributed by atoms with Crippen LogP contribution in [0.25, 0.3) is 0 Å². The Labute approximate surface area is 112 Å². The van der Waals surface area contributed by atoms with E-state index in [2.05, 4.69) is 21.2 Å². The minimum Gasteiger partial charge on any atom is -0.480 e. The number of halogens is 2. The van der Waals surface area contributed by atoms with Crippen LogP contribution < -0.4 is 5.32 Å². The zero-order chi connectivity index (χ0) is 13.9. The van der Waals surface area contributed by atoms with E-state index in [1.54, 1.807) is 13.8 Å². The van der Waals surface area contributed by atoms with Crippen molar-refractivity contribution in [2.24, 2.45) is 5.92 Å². The predicted octanol–water partition coefficient (Wildman–Crippen LogP) is 2.43. The highest BCUT2D eigenvalue weighted by molar-refractivity contribution is 9.10. The fraction of sp³-hybridized carbons (Fsp3) is 0.333. The average Bonchev–Trinajstić information content (AvgIpc) is 2.28. The molecule has 1 rings (SSSR count). The summed E-state index contributed by atoms with van der Waals surface area (Å²) < 4.78 is 14.0. The largest absolute Gasteiger partial charge is 0.480 e. The average molecular weight is 318 g/mol. The summed E-state index contributed by atoms with van der Waals surface area (Å²) in [4.78, 5) is 22.7. The molecule has 4 nitrogen and oxygen atoms in total. The Morgan fingerprint density at radius 1 is 1.39 bits per heavy atom. The van der Waals surface area contributed by atoms with Crippen LogP contribution in [-0.4, -0.2) is 23.0 Å². The quantitative estimate of drug-likeness (QED) is 0.896. The molecule has 18 heavy (non-hydrogen) atoms. The summed E-state index contributed by atoms with van der Waals surface area (Å²) in [5.41, 5.74) is -0.184. The fourth-order valence-electron chi connectivity index (χ4n) is 1.40. The first-order valence-corrected chi connectivity index (χ1v) is 6.11. The summed E-state index contributed by atoms with van der Waals surface area (Å²) in [6.45, 7) is 3.33. The number of nitrogens with one attached hydrogen (secondary N) is 1. The van der Waals surface area contributed by atoms with Crippen molar-refractivity contribution in [3.05, 3.63) is 34.1 Å². The second-order valence-corrected chi connectivity index (χ2v) is 5.07. The van der Waals surface area contributed by atoms with Crippen molar-refractivity contribution < 1.29 is 19.1 Å². The standard InChI is InChI=1S/C12H13BrFNO3/c1-6(2)10(12(17)18)15-11(16)8-5-7(13)3-4-9(8)14/h3-6,10H,1-2H3,(H,15,16)(H,17,18). The monoisotopic (exact) mass is 317 g/mol. The van der Waals surface area contributed by atoms with Gasteiger partial charge in [-0.3, -0.25) is 4.79 Å². The molecule has 1 amide bonds. The number of carboxylic acids is 1. The van der Waals surface area contributed by atoms with Gasteiger partial charge >= 0.3 is 5.97 Å². The first-order chi connectivity index (χ1) is 8.32. The van der Waals surface area contributed by atoms with Crippen molar-refractivity contribution in [3.8, 4) is 0 Å². The third-order valence-electron chi connectivity index (χ3n) is 2.39. The third kappa shape index (κ3) is 3.53. The predicted molar refractivity (Wildman–Crippen MR) is 67.8 cm³/mol. The number of benzene rings is 1. The van der Waals surface area contributed by atoms with Crippen LogP contribution >= 0.6 is 15.9 Å². The zero-order valence-electron chi connectivity index (χ0n) is 9.91. The lowest BCUT2D eigenvalue weighted by atomic mass is 10.0. The van der Waals surface area contributed by atoms with Crippen LogP contribution in [0.1, 0.15) is 24.2 Å². The molecule has 1 aromatic carbocycles. The Kier molecular flexibility index (Phi) is 4.84. The summed E-state index contributed by atoms with van der Waals surface area (Å²) in [6.07, 6.45) is 0. The van der Waals surface area contributed by atoms with E-state index < -0.39 is 23.7 Å². The molecular weight excluding hydrogens is 305 g/mol. The highest BCUT2D eigenvalue weighted by Crippen LogP contribution is 2.16. The van der Waals surface area contributed by atoms with Gasteiger partial charge in [-0.15, -0.1) is 0 Å². The Balaban J connectivity index is 2.94. The van der Waals surface area contributed by atoms with Crippen LogP contribution in [0.5, 0.6) is 0 Å². The lowest BCUT2D eigenvalue weighted by molar-refractivity contribution is -0.140. The minimum absolute atomic E-state index is 0.184. The topological polar surface area (TPSA) is 66.4 Å². The van der Waals surface area contributed by atoms with E-state index in [1.165, 1.54) is 12.1 Å². The number of hydrogen-bond donors (Lipinski definition) is 2. The molecule has 0 radical (unpaired) electrons. The molecule has 0 bridgehead atoms. The Morgan fingerprint density at radius 3 is 2.50 bits per heavy atom. The van der Waals surface area contributed by atoms with Crippen LogP contribution in [0.4, 0.5) is 4.39 Å². The summed E-state index contributed by atoms with van der Waals surface area (Å²) in [5.74, 6) is -2.87. The van der Waals surface area contributed by atoms with E-state index in [0.717, 1.165) is 6.07 Å². The Morgan fingerprint density at radius 2 is 2.00 bits per heavy atom. The molecule has 98 valence electrons. The van der Waals surface area contributed by atoms with Gasteiger partial charge in [0.2, 0.25) is 0 Å². The SMILES string of the molecule is CC(C)C(NC(=O)c1cc(Br)ccc1F)C(=O)O. The lowest BCUT2D eigenvalue weighted by Crippen LogP contribution is -2.44. The third-order valence-corrected chi connectivity index (χ3v) is 2.89. The van der Waals surface area contributed by atoms with Gasteiger partial charge in [-0.2, -0.15) is 0 Å². The van der Waals surface area contributed by atoms with Gasteiger partial charge in [-0.1, -0.05) is 29.8 Å². The van der Waals surface area contributed by atoms with E-state index >= 15 is 0 Å². The van der Waals surface area contributed by atoms with E-state index in [0.29, 0.717) is 4.47 Å². The molecule has 0 saturated carbocycles. The second-order valence-electron chi connectivity index (χ2n) is 4.16. The lowest BCUT2D eigenvalue weighted by Gasteiger charge is -2.18. The van der Waals surface area contributed by atoms with Gasteiger partial charge in [0.1, 0.15) is 11.9 Å². The summed E-state index contributed by atoms with van der Waals surface area (Å²) >= 11 is 3.13. The number of rotatable bonds is 4. The molecule has 1 unspecified atom stereocenters. The number of amides is 1. The molecular formula is C12H13BrFNO3. The minimum atomic E-state index is -1.14. The van der Waals surface area contributed by atoms with Crippen LogP contribution in [0.2, 0.25) is 0 Å². The van der Waals surface area contributed by atoms with Gasteiger partial charge in [0.05, 0.1) is 5.56 Å².